The molecule has 0 aromatic rings. The Bertz CT molecular complexity index is 283. The summed E-state index contributed by atoms with van der Waals surface area (Å²) in [6.45, 7) is 8.39. The van der Waals surface area contributed by atoms with Crippen LogP contribution in [0.3, 0.4) is 0 Å². The zero-order valence-corrected chi connectivity index (χ0v) is 12.7. The SMILES string of the molecule is CCCCCC/C(O)=C/[N+](CC)(CC)CCC(=O)O. The van der Waals surface area contributed by atoms with E-state index in [1.165, 1.54) is 12.8 Å². The maximum Gasteiger partial charge on any atom is 0.309 e. The molecule has 0 aromatic carbocycles. The molecule has 0 aliphatic carbocycles. The standard InChI is InChI=1S/C15H29NO3/c1-4-7-8-9-10-14(17)13-16(5-2,6-3)12-11-15(18)19/h13H,4-12H2,1-3H3,(H-,17,18,19)/p+1/b14-13-. The molecule has 4 heteroatoms. The topological polar surface area (TPSA) is 57.5 Å². The first-order valence-electron chi connectivity index (χ1n) is 7.48. The minimum absolute atomic E-state index is 0.140. The van der Waals surface area contributed by atoms with Crippen LogP contribution in [0.15, 0.2) is 12.0 Å². The number of aliphatic carboxylic acids is 1. The summed E-state index contributed by atoms with van der Waals surface area (Å²) in [5.74, 6) is -0.370. The summed E-state index contributed by atoms with van der Waals surface area (Å²) >= 11 is 0. The van der Waals surface area contributed by atoms with E-state index < -0.39 is 5.97 Å². The third-order valence-electron chi connectivity index (χ3n) is 3.74. The van der Waals surface area contributed by atoms with Gasteiger partial charge in [-0.25, -0.2) is 0 Å². The van der Waals surface area contributed by atoms with Crippen LogP contribution in [0, 0.1) is 0 Å². The molecule has 0 rings (SSSR count). The highest BCUT2D eigenvalue weighted by molar-refractivity contribution is 5.66. The maximum absolute atomic E-state index is 10.7. The molecule has 0 aliphatic rings. The second-order valence-corrected chi connectivity index (χ2v) is 5.15. The zero-order chi connectivity index (χ0) is 14.7. The third kappa shape index (κ3) is 7.88. The highest BCUT2D eigenvalue weighted by atomic mass is 16.4. The van der Waals surface area contributed by atoms with Crippen LogP contribution in [0.1, 0.15) is 59.3 Å². The van der Waals surface area contributed by atoms with Gasteiger partial charge in [-0.1, -0.05) is 26.2 Å². The summed E-state index contributed by atoms with van der Waals surface area (Å²) in [6.07, 6.45) is 7.23. The van der Waals surface area contributed by atoms with E-state index in [1.54, 1.807) is 0 Å². The Labute approximate surface area is 117 Å². The Morgan fingerprint density at radius 1 is 1.00 bits per heavy atom. The molecule has 19 heavy (non-hydrogen) atoms. The van der Waals surface area contributed by atoms with Gasteiger partial charge in [-0.2, -0.15) is 0 Å². The van der Waals surface area contributed by atoms with Crippen LogP contribution < -0.4 is 0 Å². The third-order valence-corrected chi connectivity index (χ3v) is 3.74. The quantitative estimate of drug-likeness (QED) is 0.342. The molecule has 0 unspecified atom stereocenters. The molecule has 2 N–H and O–H groups in total. The van der Waals surface area contributed by atoms with Crippen LogP contribution in [-0.4, -0.2) is 40.3 Å². The minimum Gasteiger partial charge on any atom is -0.507 e. The number of unbranched alkanes of at least 4 members (excludes halogenated alkanes) is 3. The van der Waals surface area contributed by atoms with E-state index in [1.807, 2.05) is 20.0 Å². The molecule has 0 atom stereocenters. The molecule has 112 valence electrons. The number of carbonyl (C=O) groups is 1. The van der Waals surface area contributed by atoms with Gasteiger partial charge in [0.15, 0.2) is 0 Å². The summed E-state index contributed by atoms with van der Waals surface area (Å²) in [5.41, 5.74) is 0. The zero-order valence-electron chi connectivity index (χ0n) is 12.7. The number of carboxylic acid groups (broad SMARTS) is 1. The molecule has 0 fully saturated rings. The lowest BCUT2D eigenvalue weighted by molar-refractivity contribution is -0.876. The van der Waals surface area contributed by atoms with Gasteiger partial charge in [0.05, 0.1) is 26.1 Å². The molecular weight excluding hydrogens is 242 g/mol. The monoisotopic (exact) mass is 272 g/mol. The predicted octanol–water partition coefficient (Wildman–Crippen LogP) is 3.69. The van der Waals surface area contributed by atoms with Gasteiger partial charge in [-0.05, 0) is 20.3 Å². The Morgan fingerprint density at radius 3 is 2.11 bits per heavy atom. The van der Waals surface area contributed by atoms with Crippen LogP contribution in [-0.2, 0) is 4.79 Å². The van der Waals surface area contributed by atoms with Crippen molar-refractivity contribution in [1.82, 2.24) is 0 Å². The lowest BCUT2D eigenvalue weighted by Crippen LogP contribution is -2.44. The van der Waals surface area contributed by atoms with Crippen LogP contribution in [0.4, 0.5) is 0 Å². The number of rotatable bonds is 11. The number of nitrogens with zero attached hydrogens (tertiary/aromatic N) is 1. The number of carboxylic acids is 1. The fourth-order valence-corrected chi connectivity index (χ4v) is 2.22. The number of aliphatic hydroxyl groups is 1. The smallest absolute Gasteiger partial charge is 0.309 e. The van der Waals surface area contributed by atoms with Crippen LogP contribution in [0.2, 0.25) is 0 Å². The largest absolute Gasteiger partial charge is 0.507 e. The summed E-state index contributed by atoms with van der Waals surface area (Å²) in [6, 6.07) is 0. The van der Waals surface area contributed by atoms with E-state index in [0.29, 0.717) is 23.2 Å². The highest BCUT2D eigenvalue weighted by Crippen LogP contribution is 2.15. The van der Waals surface area contributed by atoms with E-state index in [2.05, 4.69) is 6.92 Å². The van der Waals surface area contributed by atoms with Crippen LogP contribution in [0.25, 0.3) is 0 Å². The van der Waals surface area contributed by atoms with Gasteiger partial charge in [0.25, 0.3) is 0 Å². The lowest BCUT2D eigenvalue weighted by Gasteiger charge is -2.32. The second-order valence-electron chi connectivity index (χ2n) is 5.15. The Hall–Kier alpha value is -1.03. The van der Waals surface area contributed by atoms with Gasteiger partial charge in [0, 0.05) is 6.42 Å². The number of quaternary nitrogens is 1. The average molecular weight is 272 g/mol. The van der Waals surface area contributed by atoms with Gasteiger partial charge >= 0.3 is 5.97 Å². The minimum atomic E-state index is -0.778. The normalized spacial score (nSPS) is 12.7. The molecule has 4 nitrogen and oxygen atoms in total. The number of allylic oxidation sites excluding steroid dienone is 1. The molecule has 0 heterocycles. The molecular formula is C15H30NO3+. The Balaban J connectivity index is 4.46. The molecule has 0 spiro atoms. The Morgan fingerprint density at radius 2 is 1.63 bits per heavy atom. The number of hydrogen-bond acceptors (Lipinski definition) is 2. The molecule has 0 aliphatic heterocycles. The predicted molar refractivity (Wildman–Crippen MR) is 77.9 cm³/mol. The molecule has 0 radical (unpaired) electrons. The molecule has 0 aromatic heterocycles. The second kappa shape index (κ2) is 9.84. The molecule has 0 saturated heterocycles. The van der Waals surface area contributed by atoms with Crippen molar-refractivity contribution in [3.63, 3.8) is 0 Å². The van der Waals surface area contributed by atoms with Crippen molar-refractivity contribution in [2.45, 2.75) is 59.3 Å². The van der Waals surface area contributed by atoms with Gasteiger partial charge in [-0.3, -0.25) is 9.28 Å². The van der Waals surface area contributed by atoms with Gasteiger partial charge in [-0.15, -0.1) is 0 Å². The van der Waals surface area contributed by atoms with Crippen molar-refractivity contribution in [1.29, 1.82) is 0 Å². The van der Waals surface area contributed by atoms with E-state index in [-0.39, 0.29) is 6.42 Å². The number of hydrogen-bond donors (Lipinski definition) is 2. The van der Waals surface area contributed by atoms with Crippen LogP contribution >= 0.6 is 0 Å². The first-order chi connectivity index (χ1) is 8.99. The summed E-state index contributed by atoms with van der Waals surface area (Å²) < 4.78 is 0.548. The molecule has 0 amide bonds. The van der Waals surface area contributed by atoms with E-state index in [0.717, 1.165) is 25.9 Å². The average Bonchev–Trinajstić information content (AvgIpc) is 2.39. The van der Waals surface area contributed by atoms with Gasteiger partial charge < -0.3 is 10.2 Å². The van der Waals surface area contributed by atoms with Crippen LogP contribution in [0.5, 0.6) is 0 Å². The van der Waals surface area contributed by atoms with E-state index in [9.17, 15) is 9.90 Å². The highest BCUT2D eigenvalue weighted by Gasteiger charge is 2.23. The summed E-state index contributed by atoms with van der Waals surface area (Å²) in [4.78, 5) is 10.7. The van der Waals surface area contributed by atoms with E-state index >= 15 is 0 Å². The first-order valence-corrected chi connectivity index (χ1v) is 7.48. The fraction of sp³-hybridized carbons (Fsp3) is 0.800. The summed E-state index contributed by atoms with van der Waals surface area (Å²) in [7, 11) is 0. The molecule has 0 bridgehead atoms. The van der Waals surface area contributed by atoms with Gasteiger partial charge in [0.2, 0.25) is 0 Å². The fourth-order valence-electron chi connectivity index (χ4n) is 2.22. The Kier molecular flexibility index (Phi) is 9.31. The van der Waals surface area contributed by atoms with Crippen molar-refractivity contribution in [3.05, 3.63) is 12.0 Å². The summed E-state index contributed by atoms with van der Waals surface area (Å²) in [5, 5.41) is 18.8. The van der Waals surface area contributed by atoms with Gasteiger partial charge in [0.1, 0.15) is 12.0 Å². The van der Waals surface area contributed by atoms with Crippen molar-refractivity contribution < 1.29 is 19.5 Å². The maximum atomic E-state index is 10.7. The van der Waals surface area contributed by atoms with Crippen molar-refractivity contribution in [2.24, 2.45) is 0 Å². The lowest BCUT2D eigenvalue weighted by atomic mass is 10.1. The molecule has 0 saturated carbocycles. The van der Waals surface area contributed by atoms with Crippen molar-refractivity contribution >= 4 is 5.97 Å². The van der Waals surface area contributed by atoms with Crippen molar-refractivity contribution in [2.75, 3.05) is 19.6 Å². The first kappa shape index (κ1) is 18.0. The number of aliphatic hydroxyl groups excluding tert-OH is 1. The van der Waals surface area contributed by atoms with Crippen molar-refractivity contribution in [3.8, 4) is 0 Å². The van der Waals surface area contributed by atoms with E-state index in [4.69, 9.17) is 5.11 Å².